The molecule has 5 aliphatic rings. The highest BCUT2D eigenvalue weighted by atomic mass is 15.3. The normalized spacial score (nSPS) is 45.0. The van der Waals surface area contributed by atoms with Crippen molar-refractivity contribution in [1.29, 1.82) is 0 Å². The van der Waals surface area contributed by atoms with E-state index < -0.39 is 0 Å². The van der Waals surface area contributed by atoms with Gasteiger partial charge < -0.3 is 5.73 Å². The van der Waals surface area contributed by atoms with Crippen molar-refractivity contribution in [3.05, 3.63) is 17.5 Å². The van der Waals surface area contributed by atoms with E-state index in [2.05, 4.69) is 10.9 Å². The highest BCUT2D eigenvalue weighted by molar-refractivity contribution is 5.29. The number of aryl methyl sites for hydroxylation is 1. The van der Waals surface area contributed by atoms with Crippen molar-refractivity contribution in [2.45, 2.75) is 56.9 Å². The second-order valence-corrected chi connectivity index (χ2v) is 7.89. The molecule has 2 N–H and O–H groups in total. The quantitative estimate of drug-likeness (QED) is 0.899. The van der Waals surface area contributed by atoms with Crippen LogP contribution in [0.5, 0.6) is 0 Å². The lowest BCUT2D eigenvalue weighted by atomic mass is 9.54. The molecular weight excluding hydrogens is 246 g/mol. The Kier molecular flexibility index (Phi) is 2.41. The summed E-state index contributed by atoms with van der Waals surface area (Å²) in [5, 5.41) is 4.84. The van der Waals surface area contributed by atoms with Gasteiger partial charge in [0.15, 0.2) is 0 Å². The van der Waals surface area contributed by atoms with Crippen LogP contribution in [0.25, 0.3) is 0 Å². The lowest BCUT2D eigenvalue weighted by Gasteiger charge is -2.54. The van der Waals surface area contributed by atoms with Crippen molar-refractivity contribution in [2.75, 3.05) is 6.54 Å². The van der Waals surface area contributed by atoms with E-state index in [1.807, 2.05) is 0 Å². The number of hydrogen-bond acceptors (Lipinski definition) is 2. The van der Waals surface area contributed by atoms with E-state index in [0.29, 0.717) is 12.0 Å². The second kappa shape index (κ2) is 4.09. The summed E-state index contributed by atoms with van der Waals surface area (Å²) in [6, 6.07) is 0.707. The molecule has 3 heteroatoms. The predicted octanol–water partition coefficient (Wildman–Crippen LogP) is 2.87. The van der Waals surface area contributed by atoms with Gasteiger partial charge in [-0.25, -0.2) is 0 Å². The Bertz CT molecular complexity index is 504. The van der Waals surface area contributed by atoms with Crippen LogP contribution in [-0.4, -0.2) is 16.3 Å². The summed E-state index contributed by atoms with van der Waals surface area (Å²) < 4.78 is 2.47. The van der Waals surface area contributed by atoms with Gasteiger partial charge in [-0.1, -0.05) is 0 Å². The third-order valence-corrected chi connectivity index (χ3v) is 6.81. The fourth-order valence-corrected chi connectivity index (χ4v) is 6.28. The molecule has 1 heterocycles. The minimum absolute atomic E-state index is 0.574. The van der Waals surface area contributed by atoms with Crippen molar-refractivity contribution < 1.29 is 0 Å². The molecule has 0 amide bonds. The molecule has 1 unspecified atom stereocenters. The predicted molar refractivity (Wildman–Crippen MR) is 78.4 cm³/mol. The van der Waals surface area contributed by atoms with Gasteiger partial charge in [-0.05, 0) is 74.2 Å². The summed E-state index contributed by atoms with van der Waals surface area (Å²) in [5.41, 5.74) is 9.02. The standard InChI is InChI=1S/C17H25N3/c18-8-12-1-2-13-9-19-20(16(12)13)17-14-4-10-3-11(6-14)7-15(17)5-10/h9-12,14-15,17H,1-8,18H2. The molecular formula is C17H25N3. The number of nitrogens with zero attached hydrogens (tertiary/aromatic N) is 2. The van der Waals surface area contributed by atoms with E-state index in [1.54, 1.807) is 0 Å². The van der Waals surface area contributed by atoms with Gasteiger partial charge in [0.1, 0.15) is 0 Å². The maximum atomic E-state index is 6.01. The van der Waals surface area contributed by atoms with E-state index in [0.717, 1.165) is 30.2 Å². The number of hydrogen-bond donors (Lipinski definition) is 1. The molecule has 20 heavy (non-hydrogen) atoms. The van der Waals surface area contributed by atoms with Gasteiger partial charge in [-0.2, -0.15) is 5.10 Å². The number of rotatable bonds is 2. The van der Waals surface area contributed by atoms with Crippen LogP contribution in [0.1, 0.15) is 61.7 Å². The molecule has 6 rings (SSSR count). The summed E-state index contributed by atoms with van der Waals surface area (Å²) >= 11 is 0. The average Bonchev–Trinajstić information content (AvgIpc) is 3.00. The number of aromatic nitrogens is 2. The Labute approximate surface area is 120 Å². The average molecular weight is 271 g/mol. The highest BCUT2D eigenvalue weighted by Crippen LogP contribution is 2.58. The molecule has 0 aromatic carbocycles. The highest BCUT2D eigenvalue weighted by Gasteiger charge is 2.50. The Hall–Kier alpha value is -0.830. The monoisotopic (exact) mass is 271 g/mol. The SMILES string of the molecule is NCC1CCc2cnn(C3C4CC5CC(C4)CC3C5)c21. The Morgan fingerprint density at radius 3 is 2.45 bits per heavy atom. The fraction of sp³-hybridized carbons (Fsp3) is 0.824. The molecule has 4 saturated carbocycles. The Balaban J connectivity index is 1.55. The van der Waals surface area contributed by atoms with Gasteiger partial charge in [-0.15, -0.1) is 0 Å². The summed E-state index contributed by atoms with van der Waals surface area (Å²) in [6.07, 6.45) is 12.0. The van der Waals surface area contributed by atoms with Crippen LogP contribution in [0.4, 0.5) is 0 Å². The Morgan fingerprint density at radius 2 is 1.80 bits per heavy atom. The first kappa shape index (κ1) is 11.8. The van der Waals surface area contributed by atoms with Crippen LogP contribution >= 0.6 is 0 Å². The number of nitrogens with two attached hydrogens (primary N) is 1. The van der Waals surface area contributed by atoms with Gasteiger partial charge in [-0.3, -0.25) is 4.68 Å². The zero-order chi connectivity index (χ0) is 13.3. The van der Waals surface area contributed by atoms with Crippen LogP contribution in [0.3, 0.4) is 0 Å². The van der Waals surface area contributed by atoms with E-state index in [9.17, 15) is 0 Å². The first-order valence-corrected chi connectivity index (χ1v) is 8.59. The molecule has 0 aliphatic heterocycles. The third-order valence-electron chi connectivity index (χ3n) is 6.81. The summed E-state index contributed by atoms with van der Waals surface area (Å²) in [5.74, 6) is 4.48. The summed E-state index contributed by atoms with van der Waals surface area (Å²) in [6.45, 7) is 0.798. The van der Waals surface area contributed by atoms with Crippen LogP contribution in [0.2, 0.25) is 0 Å². The van der Waals surface area contributed by atoms with Gasteiger partial charge in [0.25, 0.3) is 0 Å². The third kappa shape index (κ3) is 1.47. The van der Waals surface area contributed by atoms with Gasteiger partial charge in [0.05, 0.1) is 12.2 Å². The zero-order valence-corrected chi connectivity index (χ0v) is 12.2. The molecule has 5 aliphatic carbocycles. The molecule has 0 saturated heterocycles. The Morgan fingerprint density at radius 1 is 1.10 bits per heavy atom. The van der Waals surface area contributed by atoms with E-state index in [1.165, 1.54) is 56.2 Å². The van der Waals surface area contributed by atoms with Gasteiger partial charge in [0.2, 0.25) is 0 Å². The van der Waals surface area contributed by atoms with Crippen molar-refractivity contribution in [3.8, 4) is 0 Å². The van der Waals surface area contributed by atoms with Gasteiger partial charge >= 0.3 is 0 Å². The molecule has 4 bridgehead atoms. The van der Waals surface area contributed by atoms with Crippen molar-refractivity contribution in [2.24, 2.45) is 29.4 Å². The van der Waals surface area contributed by atoms with Gasteiger partial charge in [0, 0.05) is 18.2 Å². The zero-order valence-electron chi connectivity index (χ0n) is 12.2. The molecule has 1 atom stereocenters. The lowest BCUT2D eigenvalue weighted by Crippen LogP contribution is -2.46. The van der Waals surface area contributed by atoms with E-state index >= 15 is 0 Å². The lowest BCUT2D eigenvalue weighted by molar-refractivity contribution is -0.0349. The molecule has 3 nitrogen and oxygen atoms in total. The molecule has 1 aromatic heterocycles. The molecule has 108 valence electrons. The van der Waals surface area contributed by atoms with Crippen LogP contribution in [0.15, 0.2) is 6.20 Å². The van der Waals surface area contributed by atoms with Crippen molar-refractivity contribution in [3.63, 3.8) is 0 Å². The first-order chi connectivity index (χ1) is 9.83. The first-order valence-electron chi connectivity index (χ1n) is 8.59. The number of fused-ring (bicyclic) bond motifs is 1. The molecule has 4 fully saturated rings. The van der Waals surface area contributed by atoms with Crippen LogP contribution in [0, 0.1) is 23.7 Å². The molecule has 0 radical (unpaired) electrons. The summed E-state index contributed by atoms with van der Waals surface area (Å²) in [4.78, 5) is 0. The van der Waals surface area contributed by atoms with Crippen LogP contribution < -0.4 is 5.73 Å². The fourth-order valence-electron chi connectivity index (χ4n) is 6.28. The minimum atomic E-state index is 0.574. The van der Waals surface area contributed by atoms with E-state index in [4.69, 9.17) is 10.8 Å². The maximum absolute atomic E-state index is 6.01. The molecule has 0 spiro atoms. The second-order valence-electron chi connectivity index (χ2n) is 7.89. The topological polar surface area (TPSA) is 43.8 Å². The van der Waals surface area contributed by atoms with Crippen LogP contribution in [-0.2, 0) is 6.42 Å². The summed E-state index contributed by atoms with van der Waals surface area (Å²) in [7, 11) is 0. The molecule has 1 aromatic rings. The van der Waals surface area contributed by atoms with Crippen molar-refractivity contribution >= 4 is 0 Å². The van der Waals surface area contributed by atoms with E-state index in [-0.39, 0.29) is 0 Å². The van der Waals surface area contributed by atoms with Crippen molar-refractivity contribution in [1.82, 2.24) is 9.78 Å². The smallest absolute Gasteiger partial charge is 0.0579 e. The largest absolute Gasteiger partial charge is 0.330 e. The maximum Gasteiger partial charge on any atom is 0.0579 e. The minimum Gasteiger partial charge on any atom is -0.330 e.